The molecule has 0 saturated carbocycles. The van der Waals surface area contributed by atoms with E-state index in [1.165, 1.54) is 17.0 Å². The minimum atomic E-state index is -0.721. The number of amides is 3. The first-order valence-corrected chi connectivity index (χ1v) is 9.16. The van der Waals surface area contributed by atoms with Crippen molar-refractivity contribution >= 4 is 17.6 Å². The molecule has 148 valence electrons. The zero-order valence-corrected chi connectivity index (χ0v) is 15.7. The standard InChI is InChI=1S/C20H19N5O4/c1-23-16-12-24(10-8-14-6-2-3-9-21-14)19(26)17(16)18(22-20(23)27)13-5-4-7-15(11-13)25(28)29/h2-7,9,11,18H,8,10,12H2,1H3,(H,22,27)/t18-/m0/s1. The van der Waals surface area contributed by atoms with Gasteiger partial charge in [0.05, 0.1) is 28.8 Å². The average Bonchev–Trinajstić information content (AvgIpc) is 3.06. The van der Waals surface area contributed by atoms with Crippen molar-refractivity contribution in [1.82, 2.24) is 20.1 Å². The molecule has 2 aliphatic rings. The summed E-state index contributed by atoms with van der Waals surface area (Å²) in [5.74, 6) is -0.181. The molecule has 0 saturated heterocycles. The third kappa shape index (κ3) is 3.42. The van der Waals surface area contributed by atoms with Gasteiger partial charge in [-0.1, -0.05) is 18.2 Å². The Hall–Kier alpha value is -3.75. The van der Waals surface area contributed by atoms with Crippen LogP contribution in [0.2, 0.25) is 0 Å². The molecule has 4 rings (SSSR count). The quantitative estimate of drug-likeness (QED) is 0.618. The van der Waals surface area contributed by atoms with Gasteiger partial charge in [-0.05, 0) is 17.7 Å². The molecule has 1 atom stereocenters. The van der Waals surface area contributed by atoms with Crippen molar-refractivity contribution in [2.24, 2.45) is 0 Å². The molecule has 0 radical (unpaired) electrons. The van der Waals surface area contributed by atoms with Gasteiger partial charge in [-0.2, -0.15) is 0 Å². The van der Waals surface area contributed by atoms with E-state index in [1.54, 1.807) is 30.3 Å². The lowest BCUT2D eigenvalue weighted by molar-refractivity contribution is -0.384. The van der Waals surface area contributed by atoms with E-state index in [0.29, 0.717) is 36.3 Å². The normalized spacial score (nSPS) is 18.7. The maximum Gasteiger partial charge on any atom is 0.322 e. The predicted molar refractivity (Wildman–Crippen MR) is 104 cm³/mol. The molecular formula is C20H19N5O4. The maximum atomic E-state index is 13.2. The highest BCUT2D eigenvalue weighted by Gasteiger charge is 2.42. The lowest BCUT2D eigenvalue weighted by Gasteiger charge is -2.31. The summed E-state index contributed by atoms with van der Waals surface area (Å²) in [4.78, 5) is 43.6. The first-order chi connectivity index (χ1) is 14.0. The zero-order valence-electron chi connectivity index (χ0n) is 15.7. The maximum absolute atomic E-state index is 13.2. The number of nitro benzene ring substituents is 1. The SMILES string of the molecule is CN1C(=O)N[C@@H](c2cccc([N+](=O)[O-])c2)C2=C1CN(CCc1ccccn1)C2=O. The topological polar surface area (TPSA) is 109 Å². The number of rotatable bonds is 5. The fourth-order valence-electron chi connectivity index (χ4n) is 3.67. The van der Waals surface area contributed by atoms with Crippen molar-refractivity contribution in [2.45, 2.75) is 12.5 Å². The Kier molecular flexibility index (Phi) is 4.71. The van der Waals surface area contributed by atoms with Crippen molar-refractivity contribution in [3.8, 4) is 0 Å². The molecule has 0 fully saturated rings. The van der Waals surface area contributed by atoms with Crippen molar-refractivity contribution in [3.63, 3.8) is 0 Å². The average molecular weight is 393 g/mol. The largest absolute Gasteiger partial charge is 0.333 e. The highest BCUT2D eigenvalue weighted by molar-refractivity contribution is 6.01. The fourth-order valence-corrected chi connectivity index (χ4v) is 3.67. The highest BCUT2D eigenvalue weighted by Crippen LogP contribution is 2.36. The lowest BCUT2D eigenvalue weighted by Crippen LogP contribution is -2.45. The van der Waals surface area contributed by atoms with Gasteiger partial charge in [-0.3, -0.25) is 24.8 Å². The van der Waals surface area contributed by atoms with Crippen molar-refractivity contribution in [1.29, 1.82) is 0 Å². The number of likely N-dealkylation sites (N-methyl/N-ethyl adjacent to an activating group) is 1. The number of nitrogens with one attached hydrogen (secondary N) is 1. The Labute approximate surface area is 166 Å². The Morgan fingerprint density at radius 1 is 1.24 bits per heavy atom. The zero-order chi connectivity index (χ0) is 20.5. The van der Waals surface area contributed by atoms with E-state index in [-0.39, 0.29) is 17.6 Å². The summed E-state index contributed by atoms with van der Waals surface area (Å²) < 4.78 is 0. The Morgan fingerprint density at radius 3 is 2.79 bits per heavy atom. The molecular weight excluding hydrogens is 374 g/mol. The number of hydrogen-bond acceptors (Lipinski definition) is 5. The van der Waals surface area contributed by atoms with Gasteiger partial charge in [0.1, 0.15) is 0 Å². The lowest BCUT2D eigenvalue weighted by atomic mass is 9.95. The smallest absolute Gasteiger partial charge is 0.322 e. The molecule has 3 amide bonds. The third-order valence-corrected chi connectivity index (χ3v) is 5.21. The number of nitrogens with zero attached hydrogens (tertiary/aromatic N) is 4. The van der Waals surface area contributed by atoms with Gasteiger partial charge in [0.2, 0.25) is 0 Å². The number of nitro groups is 1. The number of aromatic nitrogens is 1. The summed E-state index contributed by atoms with van der Waals surface area (Å²) in [6.45, 7) is 0.781. The molecule has 0 unspecified atom stereocenters. The van der Waals surface area contributed by atoms with Crippen LogP contribution < -0.4 is 5.32 Å². The van der Waals surface area contributed by atoms with E-state index in [1.807, 2.05) is 18.2 Å². The Bertz CT molecular complexity index is 1020. The molecule has 29 heavy (non-hydrogen) atoms. The van der Waals surface area contributed by atoms with E-state index in [4.69, 9.17) is 0 Å². The Morgan fingerprint density at radius 2 is 2.07 bits per heavy atom. The molecule has 9 heteroatoms. The van der Waals surface area contributed by atoms with E-state index in [0.717, 1.165) is 5.69 Å². The van der Waals surface area contributed by atoms with Crippen molar-refractivity contribution < 1.29 is 14.5 Å². The number of urea groups is 1. The number of carbonyl (C=O) groups excluding carboxylic acids is 2. The van der Waals surface area contributed by atoms with E-state index >= 15 is 0 Å². The fraction of sp³-hybridized carbons (Fsp3) is 0.250. The summed E-state index contributed by atoms with van der Waals surface area (Å²) in [7, 11) is 1.61. The van der Waals surface area contributed by atoms with Crippen LogP contribution in [0.3, 0.4) is 0 Å². The van der Waals surface area contributed by atoms with Gasteiger partial charge in [-0.25, -0.2) is 4.79 Å². The number of pyridine rings is 1. The van der Waals surface area contributed by atoms with Gasteiger partial charge in [-0.15, -0.1) is 0 Å². The van der Waals surface area contributed by atoms with Crippen molar-refractivity contribution in [3.05, 3.63) is 81.3 Å². The Balaban J connectivity index is 1.62. The van der Waals surface area contributed by atoms with Crippen LogP contribution in [0.4, 0.5) is 10.5 Å². The number of carbonyl (C=O) groups is 2. The van der Waals surface area contributed by atoms with Gasteiger partial charge in [0, 0.05) is 44.0 Å². The summed E-state index contributed by atoms with van der Waals surface area (Å²) >= 11 is 0. The highest BCUT2D eigenvalue weighted by atomic mass is 16.6. The number of benzene rings is 1. The molecule has 1 aromatic carbocycles. The number of non-ortho nitro benzene ring substituents is 1. The van der Waals surface area contributed by atoms with Crippen LogP contribution >= 0.6 is 0 Å². The second kappa shape index (κ2) is 7.34. The summed E-state index contributed by atoms with van der Waals surface area (Å²) in [6, 6.07) is 10.6. The van der Waals surface area contributed by atoms with Gasteiger partial charge >= 0.3 is 6.03 Å². The first-order valence-electron chi connectivity index (χ1n) is 9.16. The number of hydrogen-bond donors (Lipinski definition) is 1. The molecule has 9 nitrogen and oxygen atoms in total. The van der Waals surface area contributed by atoms with Crippen LogP contribution in [-0.2, 0) is 11.2 Å². The molecule has 1 aromatic heterocycles. The van der Waals surface area contributed by atoms with E-state index in [2.05, 4.69) is 10.3 Å². The van der Waals surface area contributed by atoms with E-state index in [9.17, 15) is 19.7 Å². The van der Waals surface area contributed by atoms with Crippen LogP contribution in [0.25, 0.3) is 0 Å². The molecule has 2 aliphatic heterocycles. The summed E-state index contributed by atoms with van der Waals surface area (Å²) in [5, 5.41) is 13.9. The molecule has 0 spiro atoms. The van der Waals surface area contributed by atoms with Gasteiger partial charge < -0.3 is 10.2 Å². The van der Waals surface area contributed by atoms with Crippen LogP contribution in [0.5, 0.6) is 0 Å². The van der Waals surface area contributed by atoms with Crippen LogP contribution in [0, 0.1) is 10.1 Å². The first kappa shape index (κ1) is 18.6. The molecule has 1 N–H and O–H groups in total. The molecule has 0 aliphatic carbocycles. The third-order valence-electron chi connectivity index (χ3n) is 5.21. The summed E-state index contributed by atoms with van der Waals surface area (Å²) in [6.07, 6.45) is 2.30. The van der Waals surface area contributed by atoms with Gasteiger partial charge in [0.25, 0.3) is 11.6 Å². The van der Waals surface area contributed by atoms with Crippen molar-refractivity contribution in [2.75, 3.05) is 20.1 Å². The minimum Gasteiger partial charge on any atom is -0.333 e. The van der Waals surface area contributed by atoms with Crippen LogP contribution in [-0.4, -0.2) is 51.8 Å². The summed E-state index contributed by atoms with van der Waals surface area (Å²) in [5.41, 5.74) is 2.37. The second-order valence-corrected chi connectivity index (χ2v) is 6.95. The molecule has 3 heterocycles. The van der Waals surface area contributed by atoms with Crippen LogP contribution in [0.1, 0.15) is 17.3 Å². The van der Waals surface area contributed by atoms with Crippen LogP contribution in [0.15, 0.2) is 59.9 Å². The predicted octanol–water partition coefficient (Wildman–Crippen LogP) is 2.02. The minimum absolute atomic E-state index is 0.0877. The van der Waals surface area contributed by atoms with Gasteiger partial charge in [0.15, 0.2) is 0 Å². The monoisotopic (exact) mass is 393 g/mol. The molecule has 2 aromatic rings. The van der Waals surface area contributed by atoms with E-state index < -0.39 is 11.0 Å². The second-order valence-electron chi connectivity index (χ2n) is 6.95. The molecule has 0 bridgehead atoms.